The Balaban J connectivity index is 1.11. The predicted octanol–water partition coefficient (Wildman–Crippen LogP) is 4.51. The van der Waals surface area contributed by atoms with Crippen molar-refractivity contribution in [1.29, 1.82) is 0 Å². The van der Waals surface area contributed by atoms with Gasteiger partial charge in [-0.2, -0.15) is 0 Å². The van der Waals surface area contributed by atoms with Crippen LogP contribution in [0, 0.1) is 130 Å². The molecule has 0 aromatic rings. The van der Waals surface area contributed by atoms with E-state index in [2.05, 4.69) is 13.8 Å². The standard InChI is InChI=1S/C44H58O13/c1-15-9-18-10-21(15)31(29(18)28-17(3)38(47)54-39(28)48)35-34(41(50)56-42(35)51)30-20-13-24(25(14-20)37(46)44(4,5)6)32(30)36-33(40(49)55-43(36)52)27-16(2)22-11-19(27)12-23(22)26(57-53)7-8-45/h15-36,45,53H,7-14H2,1-6H3. The number of esters is 6. The maximum atomic E-state index is 14.4. The first-order valence-corrected chi connectivity index (χ1v) is 21.7. The molecule has 13 nitrogen and oxygen atoms in total. The minimum atomic E-state index is -0.947. The predicted molar refractivity (Wildman–Crippen MR) is 195 cm³/mol. The molecule has 22 atom stereocenters. The number of ether oxygens (including phenoxy) is 3. The van der Waals surface area contributed by atoms with Crippen LogP contribution in [0.1, 0.15) is 86.5 Å². The van der Waals surface area contributed by atoms with Gasteiger partial charge in [-0.15, -0.1) is 0 Å². The van der Waals surface area contributed by atoms with Crippen LogP contribution in [0.4, 0.5) is 0 Å². The number of carbonyl (C=O) groups is 7. The Morgan fingerprint density at radius 3 is 1.65 bits per heavy atom. The molecular formula is C44H58O13. The minimum absolute atomic E-state index is 0.0140. The van der Waals surface area contributed by atoms with Gasteiger partial charge in [0.05, 0.1) is 41.6 Å². The molecule has 22 unspecified atom stereocenters. The Morgan fingerprint density at radius 2 is 1.11 bits per heavy atom. The van der Waals surface area contributed by atoms with E-state index in [4.69, 9.17) is 19.1 Å². The van der Waals surface area contributed by atoms with Gasteiger partial charge < -0.3 is 19.3 Å². The summed E-state index contributed by atoms with van der Waals surface area (Å²) in [7, 11) is 0. The maximum absolute atomic E-state index is 14.4. The zero-order chi connectivity index (χ0) is 40.7. The fourth-order valence-corrected chi connectivity index (χ4v) is 16.2. The van der Waals surface area contributed by atoms with E-state index in [1.165, 1.54) is 0 Å². The second kappa shape index (κ2) is 13.8. The molecular weight excluding hydrogens is 736 g/mol. The van der Waals surface area contributed by atoms with E-state index in [-0.39, 0.29) is 83.9 Å². The molecule has 0 amide bonds. The summed E-state index contributed by atoms with van der Waals surface area (Å²) < 4.78 is 16.4. The molecule has 3 saturated heterocycles. The van der Waals surface area contributed by atoms with Gasteiger partial charge >= 0.3 is 35.8 Å². The molecule has 57 heavy (non-hydrogen) atoms. The number of hydrogen-bond donors (Lipinski definition) is 2. The highest BCUT2D eigenvalue weighted by Crippen LogP contribution is 2.70. The van der Waals surface area contributed by atoms with Gasteiger partial charge in [0.2, 0.25) is 0 Å². The fourth-order valence-electron chi connectivity index (χ4n) is 16.2. The Bertz CT molecular complexity index is 1760. The number of Topliss-reactive ketones (excluding diaryl/α,β-unsaturated/α-hetero) is 1. The summed E-state index contributed by atoms with van der Waals surface area (Å²) >= 11 is 0. The van der Waals surface area contributed by atoms with Gasteiger partial charge in [-0.1, -0.05) is 41.5 Å². The third kappa shape index (κ3) is 5.66. The molecule has 9 aliphatic rings. The van der Waals surface area contributed by atoms with E-state index in [0.29, 0.717) is 19.3 Å². The number of fused-ring (bicyclic) bond motifs is 6. The van der Waals surface area contributed by atoms with Crippen molar-refractivity contribution in [1.82, 2.24) is 0 Å². The van der Waals surface area contributed by atoms with Crippen LogP contribution in [-0.4, -0.2) is 64.7 Å². The number of aliphatic hydroxyl groups excluding tert-OH is 1. The summed E-state index contributed by atoms with van der Waals surface area (Å²) in [6.07, 6.45) is 3.84. The van der Waals surface area contributed by atoms with Gasteiger partial charge in [0.15, 0.2) is 0 Å². The molecule has 0 spiro atoms. The lowest BCUT2D eigenvalue weighted by Crippen LogP contribution is -2.50. The van der Waals surface area contributed by atoms with Gasteiger partial charge in [0.1, 0.15) is 5.78 Å². The van der Waals surface area contributed by atoms with Gasteiger partial charge in [-0.05, 0) is 121 Å². The first-order valence-electron chi connectivity index (χ1n) is 21.7. The summed E-state index contributed by atoms with van der Waals surface area (Å²) in [5.74, 6) is -11.3. The number of aliphatic hydroxyl groups is 1. The van der Waals surface area contributed by atoms with E-state index in [1.54, 1.807) is 6.92 Å². The first kappa shape index (κ1) is 39.4. The molecule has 13 heteroatoms. The van der Waals surface area contributed by atoms with Crippen molar-refractivity contribution in [3.63, 3.8) is 0 Å². The molecule has 0 aromatic carbocycles. The molecule has 6 bridgehead atoms. The molecule has 2 N–H and O–H groups in total. The van der Waals surface area contributed by atoms with Crippen molar-refractivity contribution >= 4 is 41.6 Å². The lowest BCUT2D eigenvalue weighted by molar-refractivity contribution is -0.297. The van der Waals surface area contributed by atoms with E-state index in [0.717, 1.165) is 19.3 Å². The number of hydrogen-bond acceptors (Lipinski definition) is 13. The zero-order valence-electron chi connectivity index (χ0n) is 33.7. The van der Waals surface area contributed by atoms with Crippen LogP contribution in [0.25, 0.3) is 0 Å². The van der Waals surface area contributed by atoms with Crippen molar-refractivity contribution in [2.45, 2.75) is 92.6 Å². The average molecular weight is 795 g/mol. The van der Waals surface area contributed by atoms with Crippen molar-refractivity contribution < 1.29 is 63.0 Å². The summed E-state index contributed by atoms with van der Waals surface area (Å²) in [4.78, 5) is 102. The van der Waals surface area contributed by atoms with Crippen molar-refractivity contribution in [3.8, 4) is 0 Å². The number of carbonyl (C=O) groups excluding carboxylic acids is 7. The third-order valence-corrected chi connectivity index (χ3v) is 17.9. The van der Waals surface area contributed by atoms with Crippen LogP contribution < -0.4 is 0 Å². The third-order valence-electron chi connectivity index (χ3n) is 17.9. The quantitative estimate of drug-likeness (QED) is 0.103. The molecule has 3 heterocycles. The summed E-state index contributed by atoms with van der Waals surface area (Å²) in [6, 6.07) is 0. The molecule has 3 aliphatic heterocycles. The highest BCUT2D eigenvalue weighted by atomic mass is 17.1. The molecule has 6 aliphatic carbocycles. The number of rotatable bonds is 10. The lowest BCUT2D eigenvalue weighted by atomic mass is 9.54. The maximum Gasteiger partial charge on any atom is 0.317 e. The largest absolute Gasteiger partial charge is 0.396 e. The smallest absolute Gasteiger partial charge is 0.317 e. The normalized spacial score (nSPS) is 50.4. The van der Waals surface area contributed by atoms with Crippen molar-refractivity contribution in [2.24, 2.45) is 130 Å². The van der Waals surface area contributed by atoms with Gasteiger partial charge in [0.25, 0.3) is 0 Å². The fraction of sp³-hybridized carbons (Fsp3) is 0.841. The highest BCUT2D eigenvalue weighted by Gasteiger charge is 2.72. The second-order valence-electron chi connectivity index (χ2n) is 21.1. The van der Waals surface area contributed by atoms with E-state index >= 15 is 0 Å². The minimum Gasteiger partial charge on any atom is -0.396 e. The highest BCUT2D eigenvalue weighted by molar-refractivity contribution is 5.99. The van der Waals surface area contributed by atoms with Crippen LogP contribution >= 0.6 is 0 Å². The van der Waals surface area contributed by atoms with Crippen molar-refractivity contribution in [2.75, 3.05) is 6.61 Å². The zero-order valence-corrected chi connectivity index (χ0v) is 33.7. The molecule has 6 saturated carbocycles. The van der Waals surface area contributed by atoms with Crippen LogP contribution in [0.15, 0.2) is 0 Å². The lowest BCUT2D eigenvalue weighted by Gasteiger charge is -2.46. The SMILES string of the molecule is CC1CC2CC1C(C1C(=O)OC(=O)C1C1C3CC(C(=O)C(C)(C)C)C(C3)C1C1C(=O)OC(=O)C1C1C3CC(C(CCO)OO)C(C3)C1C)C2C1C(=O)OC(=O)C1C. The Kier molecular flexibility index (Phi) is 9.52. The van der Waals surface area contributed by atoms with Crippen LogP contribution in [0.2, 0.25) is 0 Å². The average Bonchev–Trinajstić information content (AvgIpc) is 4.02. The Morgan fingerprint density at radius 1 is 0.632 bits per heavy atom. The van der Waals surface area contributed by atoms with Crippen LogP contribution in [0.5, 0.6) is 0 Å². The first-order chi connectivity index (χ1) is 27.0. The van der Waals surface area contributed by atoms with E-state index in [9.17, 15) is 43.9 Å². The number of ketones is 1. The van der Waals surface area contributed by atoms with Gasteiger partial charge in [-0.3, -0.25) is 38.8 Å². The van der Waals surface area contributed by atoms with Gasteiger partial charge in [-0.25, -0.2) is 4.89 Å². The summed E-state index contributed by atoms with van der Waals surface area (Å²) in [6.45, 7) is 11.4. The Hall–Kier alpha value is -3.03. The molecule has 312 valence electrons. The van der Waals surface area contributed by atoms with Crippen LogP contribution in [0.3, 0.4) is 0 Å². The molecule has 9 rings (SSSR count). The molecule has 9 fully saturated rings. The summed E-state index contributed by atoms with van der Waals surface area (Å²) in [5, 5.41) is 19.4. The van der Waals surface area contributed by atoms with E-state index in [1.807, 2.05) is 20.8 Å². The van der Waals surface area contributed by atoms with Gasteiger partial charge in [0, 0.05) is 24.4 Å². The molecule has 0 radical (unpaired) electrons. The number of cyclic esters (lactones) is 6. The van der Waals surface area contributed by atoms with Crippen LogP contribution in [-0.2, 0) is 52.7 Å². The summed E-state index contributed by atoms with van der Waals surface area (Å²) in [5.41, 5.74) is -0.671. The van der Waals surface area contributed by atoms with E-state index < -0.39 is 107 Å². The topological polar surface area (TPSA) is 197 Å². The van der Waals surface area contributed by atoms with Crippen molar-refractivity contribution in [3.05, 3.63) is 0 Å². The molecule has 0 aromatic heterocycles. The Labute approximate surface area is 332 Å². The monoisotopic (exact) mass is 794 g/mol. The second-order valence-corrected chi connectivity index (χ2v) is 21.1.